The molecular formula is C25H26F3N7OS. The molecule has 0 saturated carbocycles. The summed E-state index contributed by atoms with van der Waals surface area (Å²) in [6.07, 6.45) is -3.61. The number of aryl methyl sites for hydroxylation is 1. The summed E-state index contributed by atoms with van der Waals surface area (Å²) in [5, 5.41) is 15.9. The minimum Gasteiger partial charge on any atom is -0.354 e. The van der Waals surface area contributed by atoms with Crippen LogP contribution in [-0.4, -0.2) is 50.5 Å². The van der Waals surface area contributed by atoms with E-state index in [2.05, 4.69) is 39.4 Å². The largest absolute Gasteiger partial charge is 0.390 e. The van der Waals surface area contributed by atoms with Crippen molar-refractivity contribution in [2.45, 2.75) is 32.4 Å². The fourth-order valence-corrected chi connectivity index (χ4v) is 4.51. The van der Waals surface area contributed by atoms with Gasteiger partial charge in [-0.1, -0.05) is 68.1 Å². The monoisotopic (exact) mass is 529 g/mol. The van der Waals surface area contributed by atoms with Crippen molar-refractivity contribution in [2.24, 2.45) is 17.3 Å². The van der Waals surface area contributed by atoms with Crippen molar-refractivity contribution < 1.29 is 18.0 Å². The number of anilines is 2. The predicted molar refractivity (Wildman–Crippen MR) is 141 cm³/mol. The first-order valence-corrected chi connectivity index (χ1v) is 12.6. The van der Waals surface area contributed by atoms with Gasteiger partial charge >= 0.3 is 6.18 Å². The van der Waals surface area contributed by atoms with Crippen LogP contribution in [0.25, 0.3) is 11.4 Å². The molecule has 3 aromatic rings. The average molecular weight is 530 g/mol. The lowest BCUT2D eigenvalue weighted by molar-refractivity contribution is -0.131. The highest BCUT2D eigenvalue weighted by atomic mass is 32.2. The van der Waals surface area contributed by atoms with Crippen molar-refractivity contribution in [1.82, 2.24) is 14.8 Å². The van der Waals surface area contributed by atoms with E-state index in [-0.39, 0.29) is 24.3 Å². The zero-order chi connectivity index (χ0) is 26.6. The summed E-state index contributed by atoms with van der Waals surface area (Å²) in [4.78, 5) is 18.5. The van der Waals surface area contributed by atoms with Crippen molar-refractivity contribution >= 4 is 40.7 Å². The molecule has 1 aliphatic heterocycles. The minimum absolute atomic E-state index is 0.0356. The Morgan fingerprint density at radius 3 is 2.59 bits per heavy atom. The molecule has 1 fully saturated rings. The van der Waals surface area contributed by atoms with Crippen molar-refractivity contribution in [1.29, 1.82) is 0 Å². The Kier molecular flexibility index (Phi) is 7.96. The van der Waals surface area contributed by atoms with E-state index in [1.54, 1.807) is 30.3 Å². The number of alkyl halides is 3. The Hall–Kier alpha value is -3.67. The number of para-hydroxylation sites is 1. The van der Waals surface area contributed by atoms with Crippen LogP contribution in [-0.2, 0) is 11.8 Å². The van der Waals surface area contributed by atoms with Gasteiger partial charge in [-0.25, -0.2) is 4.68 Å². The first-order valence-electron chi connectivity index (χ1n) is 11.6. The Balaban J connectivity index is 1.45. The Morgan fingerprint density at radius 2 is 1.89 bits per heavy atom. The van der Waals surface area contributed by atoms with Gasteiger partial charge < -0.3 is 5.32 Å². The SMILES string of the molecule is CC(C)c1ccccc1N1C(=O)CSC1=NN=Cc1ccc(-c2nc(NCCC(F)(F)F)n(C)n2)cc1. The fraction of sp³-hybridized carbons (Fsp3) is 0.320. The maximum Gasteiger partial charge on any atom is 0.390 e. The third-order valence-corrected chi connectivity index (χ3v) is 6.45. The highest BCUT2D eigenvalue weighted by Gasteiger charge is 2.31. The predicted octanol–water partition coefficient (Wildman–Crippen LogP) is 5.44. The van der Waals surface area contributed by atoms with Crippen molar-refractivity contribution in [2.75, 3.05) is 22.5 Å². The van der Waals surface area contributed by atoms with E-state index in [1.807, 2.05) is 36.4 Å². The Morgan fingerprint density at radius 1 is 1.16 bits per heavy atom. The van der Waals surface area contributed by atoms with Gasteiger partial charge in [-0.05, 0) is 23.1 Å². The maximum absolute atomic E-state index is 12.6. The number of nitrogens with zero attached hydrogens (tertiary/aromatic N) is 6. The van der Waals surface area contributed by atoms with Crippen LogP contribution in [0.15, 0.2) is 58.7 Å². The quantitative estimate of drug-likeness (QED) is 0.310. The van der Waals surface area contributed by atoms with Crippen LogP contribution in [0.2, 0.25) is 0 Å². The standard InChI is InChI=1S/C25H26F3N7OS/c1-16(2)19-6-4-5-7-20(19)35-21(36)15-37-24(35)32-30-14-17-8-10-18(11-9-17)22-31-23(34(3)33-22)29-13-12-25(26,27)28/h4-11,14,16H,12-13,15H2,1-3H3,(H,29,31,33). The van der Waals surface area contributed by atoms with Crippen LogP contribution in [0.4, 0.5) is 24.8 Å². The van der Waals surface area contributed by atoms with Gasteiger partial charge in [0.2, 0.25) is 11.9 Å². The van der Waals surface area contributed by atoms with Crippen LogP contribution < -0.4 is 10.2 Å². The van der Waals surface area contributed by atoms with E-state index in [4.69, 9.17) is 0 Å². The van der Waals surface area contributed by atoms with Gasteiger partial charge in [0, 0.05) is 19.2 Å². The molecule has 0 unspecified atom stereocenters. The molecular weight excluding hydrogens is 503 g/mol. The third kappa shape index (κ3) is 6.56. The second-order valence-electron chi connectivity index (χ2n) is 8.66. The lowest BCUT2D eigenvalue weighted by Gasteiger charge is -2.20. The summed E-state index contributed by atoms with van der Waals surface area (Å²) >= 11 is 1.34. The van der Waals surface area contributed by atoms with E-state index in [1.165, 1.54) is 16.4 Å². The number of thioether (sulfide) groups is 1. The number of halogens is 3. The number of aromatic nitrogens is 3. The molecule has 37 heavy (non-hydrogen) atoms. The minimum atomic E-state index is -4.24. The molecule has 12 heteroatoms. The van der Waals surface area contributed by atoms with Gasteiger partial charge in [-0.15, -0.1) is 10.2 Å². The smallest absolute Gasteiger partial charge is 0.354 e. The molecule has 2 heterocycles. The lowest BCUT2D eigenvalue weighted by Crippen LogP contribution is -2.30. The molecule has 0 bridgehead atoms. The highest BCUT2D eigenvalue weighted by Crippen LogP contribution is 2.33. The number of rotatable bonds is 8. The summed E-state index contributed by atoms with van der Waals surface area (Å²) in [7, 11) is 1.61. The zero-order valence-electron chi connectivity index (χ0n) is 20.5. The molecule has 4 rings (SSSR count). The normalized spacial score (nSPS) is 15.5. The molecule has 0 radical (unpaired) electrons. The van der Waals surface area contributed by atoms with Gasteiger partial charge in [0.1, 0.15) is 0 Å². The second-order valence-corrected chi connectivity index (χ2v) is 9.60. The average Bonchev–Trinajstić information content (AvgIpc) is 3.40. The van der Waals surface area contributed by atoms with Crippen LogP contribution in [0.3, 0.4) is 0 Å². The second kappa shape index (κ2) is 11.2. The molecule has 2 aromatic carbocycles. The van der Waals surface area contributed by atoms with Crippen LogP contribution in [0.1, 0.15) is 37.3 Å². The molecule has 1 amide bonds. The van der Waals surface area contributed by atoms with Gasteiger partial charge in [0.05, 0.1) is 24.1 Å². The maximum atomic E-state index is 12.6. The van der Waals surface area contributed by atoms with E-state index in [0.717, 1.165) is 16.8 Å². The Bertz CT molecular complexity index is 1320. The van der Waals surface area contributed by atoms with Crippen LogP contribution in [0, 0.1) is 0 Å². The van der Waals surface area contributed by atoms with E-state index >= 15 is 0 Å². The topological polar surface area (TPSA) is 87.8 Å². The van der Waals surface area contributed by atoms with Crippen molar-refractivity contribution in [3.8, 4) is 11.4 Å². The molecule has 8 nitrogen and oxygen atoms in total. The number of carbonyl (C=O) groups excluding carboxylic acids is 1. The summed E-state index contributed by atoms with van der Waals surface area (Å²) < 4.78 is 38.6. The van der Waals surface area contributed by atoms with Crippen LogP contribution in [0.5, 0.6) is 0 Å². The van der Waals surface area contributed by atoms with Gasteiger partial charge in [0.25, 0.3) is 0 Å². The van der Waals surface area contributed by atoms with Crippen molar-refractivity contribution in [3.63, 3.8) is 0 Å². The Labute approximate surface area is 216 Å². The molecule has 1 N–H and O–H groups in total. The molecule has 0 spiro atoms. The number of hydrogen-bond acceptors (Lipinski definition) is 7. The number of hydrogen-bond donors (Lipinski definition) is 1. The summed E-state index contributed by atoms with van der Waals surface area (Å²) in [5.74, 6) is 1.17. The molecule has 1 aromatic heterocycles. The first-order chi connectivity index (χ1) is 17.6. The lowest BCUT2D eigenvalue weighted by atomic mass is 10.0. The third-order valence-electron chi connectivity index (χ3n) is 5.54. The van der Waals surface area contributed by atoms with Crippen molar-refractivity contribution in [3.05, 3.63) is 59.7 Å². The number of nitrogens with one attached hydrogen (secondary N) is 1. The van der Waals surface area contributed by atoms with Crippen LogP contribution >= 0.6 is 11.8 Å². The van der Waals surface area contributed by atoms with Gasteiger partial charge in [0.15, 0.2) is 11.0 Å². The van der Waals surface area contributed by atoms with E-state index in [9.17, 15) is 18.0 Å². The first kappa shape index (κ1) is 26.4. The van der Waals surface area contributed by atoms with E-state index in [0.29, 0.717) is 22.3 Å². The molecule has 0 atom stereocenters. The molecule has 0 aliphatic carbocycles. The van der Waals surface area contributed by atoms with Gasteiger partial charge in [-0.2, -0.15) is 23.3 Å². The van der Waals surface area contributed by atoms with E-state index < -0.39 is 12.6 Å². The number of amides is 1. The molecule has 1 aliphatic rings. The van der Waals surface area contributed by atoms with Gasteiger partial charge in [-0.3, -0.25) is 9.69 Å². The zero-order valence-corrected chi connectivity index (χ0v) is 21.3. The summed E-state index contributed by atoms with van der Waals surface area (Å²) in [6.45, 7) is 3.88. The number of amidine groups is 1. The summed E-state index contributed by atoms with van der Waals surface area (Å²) in [6, 6.07) is 15.0. The summed E-state index contributed by atoms with van der Waals surface area (Å²) in [5.41, 5.74) is 3.36. The molecule has 194 valence electrons. The number of benzene rings is 2. The number of carbonyl (C=O) groups is 1. The highest BCUT2D eigenvalue weighted by molar-refractivity contribution is 8.15. The fourth-order valence-electron chi connectivity index (χ4n) is 3.69. The molecule has 1 saturated heterocycles.